The van der Waals surface area contributed by atoms with Crippen LogP contribution in [0.4, 0.5) is 5.69 Å². The molecule has 4 rings (SSSR count). The maximum Gasteiger partial charge on any atom is 0.264 e. The predicted molar refractivity (Wildman–Crippen MR) is 164 cm³/mol. The third kappa shape index (κ3) is 7.36. The SMILES string of the molecule is Cc1c(Cl)cccc1N(CC(=O)N(Cc1ccc(Cl)c(Cl)c1)[C@@H](C)C(=O)NC1CCCC1)S(=O)(=O)c1ccccc1. The number of nitrogens with zero attached hydrogens (tertiary/aromatic N) is 2. The van der Waals surface area contributed by atoms with E-state index in [-0.39, 0.29) is 29.1 Å². The van der Waals surface area contributed by atoms with Crippen LogP contribution in [0.2, 0.25) is 15.1 Å². The molecule has 3 aromatic rings. The molecular weight excluding hydrogens is 605 g/mol. The minimum atomic E-state index is -4.18. The molecule has 1 saturated carbocycles. The van der Waals surface area contributed by atoms with Crippen LogP contribution in [0.1, 0.15) is 43.7 Å². The first kappa shape index (κ1) is 31.2. The number of hydrogen-bond acceptors (Lipinski definition) is 4. The molecule has 1 aliphatic carbocycles. The van der Waals surface area contributed by atoms with Crippen molar-refractivity contribution in [3.05, 3.63) is 92.9 Å². The van der Waals surface area contributed by atoms with Crippen molar-refractivity contribution in [3.63, 3.8) is 0 Å². The Morgan fingerprint density at radius 1 is 0.927 bits per heavy atom. The Bertz CT molecular complexity index is 1510. The number of nitrogens with one attached hydrogen (secondary N) is 1. The summed E-state index contributed by atoms with van der Waals surface area (Å²) >= 11 is 18.7. The van der Waals surface area contributed by atoms with Gasteiger partial charge >= 0.3 is 0 Å². The van der Waals surface area contributed by atoms with E-state index in [4.69, 9.17) is 34.8 Å². The fourth-order valence-corrected chi connectivity index (χ4v) is 6.89. The van der Waals surface area contributed by atoms with Gasteiger partial charge in [0.1, 0.15) is 12.6 Å². The zero-order valence-corrected chi connectivity index (χ0v) is 25.9. The molecule has 3 aromatic carbocycles. The largest absolute Gasteiger partial charge is 0.352 e. The molecule has 41 heavy (non-hydrogen) atoms. The number of anilines is 1. The maximum absolute atomic E-state index is 14.1. The molecule has 1 aliphatic rings. The van der Waals surface area contributed by atoms with Crippen LogP contribution in [0.3, 0.4) is 0 Å². The molecule has 0 aliphatic heterocycles. The minimum absolute atomic E-state index is 0.0166. The Hall–Kier alpha value is -2.78. The molecule has 2 amide bonds. The number of carbonyl (C=O) groups excluding carboxylic acids is 2. The molecular formula is C30H32Cl3N3O4S. The quantitative estimate of drug-likeness (QED) is 0.271. The molecule has 0 aromatic heterocycles. The van der Waals surface area contributed by atoms with Crippen LogP contribution in [0.15, 0.2) is 71.6 Å². The first-order valence-electron chi connectivity index (χ1n) is 13.4. The summed E-state index contributed by atoms with van der Waals surface area (Å²) < 4.78 is 28.9. The van der Waals surface area contributed by atoms with Crippen LogP contribution in [-0.4, -0.2) is 43.8 Å². The molecule has 1 fully saturated rings. The normalized spacial score (nSPS) is 14.5. The number of sulfonamides is 1. The Labute approximate surface area is 256 Å². The molecule has 11 heteroatoms. The number of halogens is 3. The van der Waals surface area contributed by atoms with E-state index in [1.165, 1.54) is 17.0 Å². The molecule has 218 valence electrons. The number of amides is 2. The average Bonchev–Trinajstić information content (AvgIpc) is 3.47. The Balaban J connectivity index is 1.72. The van der Waals surface area contributed by atoms with Crippen molar-refractivity contribution in [1.82, 2.24) is 10.2 Å². The van der Waals surface area contributed by atoms with Crippen LogP contribution in [0.5, 0.6) is 0 Å². The number of carbonyl (C=O) groups is 2. The van der Waals surface area contributed by atoms with E-state index in [1.54, 1.807) is 68.4 Å². The third-order valence-corrected chi connectivity index (χ3v) is 10.2. The van der Waals surface area contributed by atoms with Crippen LogP contribution in [0, 0.1) is 6.92 Å². The van der Waals surface area contributed by atoms with Crippen molar-refractivity contribution < 1.29 is 18.0 Å². The summed E-state index contributed by atoms with van der Waals surface area (Å²) in [6, 6.07) is 16.9. The van der Waals surface area contributed by atoms with E-state index >= 15 is 0 Å². The fourth-order valence-electron chi connectivity index (χ4n) is 4.91. The van der Waals surface area contributed by atoms with Crippen molar-refractivity contribution in [3.8, 4) is 0 Å². The third-order valence-electron chi connectivity index (χ3n) is 7.32. The highest BCUT2D eigenvalue weighted by Crippen LogP contribution is 2.31. The summed E-state index contributed by atoms with van der Waals surface area (Å²) in [6.07, 6.45) is 3.85. The first-order chi connectivity index (χ1) is 19.5. The van der Waals surface area contributed by atoms with Crippen molar-refractivity contribution in [2.45, 2.75) is 63.1 Å². The van der Waals surface area contributed by atoms with Crippen molar-refractivity contribution in [2.75, 3.05) is 10.8 Å². The summed E-state index contributed by atoms with van der Waals surface area (Å²) in [5.74, 6) is -0.870. The molecule has 0 bridgehead atoms. The summed E-state index contributed by atoms with van der Waals surface area (Å²) in [7, 11) is -4.18. The second-order valence-corrected chi connectivity index (χ2v) is 13.2. The van der Waals surface area contributed by atoms with Gasteiger partial charge in [0.15, 0.2) is 0 Å². The van der Waals surface area contributed by atoms with Crippen molar-refractivity contribution in [2.24, 2.45) is 0 Å². The number of rotatable bonds is 10. The average molecular weight is 637 g/mol. The van der Waals surface area contributed by atoms with Crippen LogP contribution in [-0.2, 0) is 26.2 Å². The van der Waals surface area contributed by atoms with Gasteiger partial charge in [0.25, 0.3) is 10.0 Å². The lowest BCUT2D eigenvalue weighted by Gasteiger charge is -2.33. The number of hydrogen-bond donors (Lipinski definition) is 1. The zero-order valence-electron chi connectivity index (χ0n) is 22.8. The van der Waals surface area contributed by atoms with Gasteiger partial charge in [0.05, 0.1) is 20.6 Å². The maximum atomic E-state index is 14.1. The van der Waals surface area contributed by atoms with E-state index in [0.29, 0.717) is 26.2 Å². The fraction of sp³-hybridized carbons (Fsp3) is 0.333. The summed E-state index contributed by atoms with van der Waals surface area (Å²) in [5, 5.41) is 4.08. The lowest BCUT2D eigenvalue weighted by Crippen LogP contribution is -2.52. The van der Waals surface area contributed by atoms with Gasteiger partial charge in [-0.2, -0.15) is 0 Å². The van der Waals surface area contributed by atoms with E-state index in [2.05, 4.69) is 5.32 Å². The molecule has 0 saturated heterocycles. The lowest BCUT2D eigenvalue weighted by molar-refractivity contribution is -0.139. The highest BCUT2D eigenvalue weighted by Gasteiger charge is 2.34. The Kier molecular flexibility index (Phi) is 10.2. The van der Waals surface area contributed by atoms with E-state index in [0.717, 1.165) is 30.0 Å². The van der Waals surface area contributed by atoms with Crippen molar-refractivity contribution in [1.29, 1.82) is 0 Å². The highest BCUT2D eigenvalue weighted by molar-refractivity contribution is 7.92. The summed E-state index contributed by atoms with van der Waals surface area (Å²) in [5.41, 5.74) is 1.42. The molecule has 7 nitrogen and oxygen atoms in total. The van der Waals surface area contributed by atoms with Gasteiger partial charge in [-0.3, -0.25) is 13.9 Å². The van der Waals surface area contributed by atoms with Gasteiger partial charge < -0.3 is 10.2 Å². The number of benzene rings is 3. The summed E-state index contributed by atoms with van der Waals surface area (Å²) in [6.45, 7) is 2.80. The highest BCUT2D eigenvalue weighted by atomic mass is 35.5. The van der Waals surface area contributed by atoms with Gasteiger partial charge in [-0.25, -0.2) is 8.42 Å². The molecule has 0 spiro atoms. The lowest BCUT2D eigenvalue weighted by atomic mass is 10.1. The van der Waals surface area contributed by atoms with Crippen LogP contribution < -0.4 is 9.62 Å². The smallest absolute Gasteiger partial charge is 0.264 e. The molecule has 0 heterocycles. The topological polar surface area (TPSA) is 86.8 Å². The van der Waals surface area contributed by atoms with E-state index in [9.17, 15) is 18.0 Å². The van der Waals surface area contributed by atoms with Gasteiger partial charge in [0.2, 0.25) is 11.8 Å². The van der Waals surface area contributed by atoms with Gasteiger partial charge in [-0.1, -0.05) is 78.0 Å². The predicted octanol–water partition coefficient (Wildman–Crippen LogP) is 6.63. The van der Waals surface area contributed by atoms with Gasteiger partial charge in [-0.15, -0.1) is 0 Å². The van der Waals surface area contributed by atoms with E-state index < -0.39 is 28.5 Å². The molecule has 1 N–H and O–H groups in total. The minimum Gasteiger partial charge on any atom is -0.352 e. The van der Waals surface area contributed by atoms with Crippen molar-refractivity contribution >= 4 is 62.3 Å². The summed E-state index contributed by atoms with van der Waals surface area (Å²) in [4.78, 5) is 28.8. The Morgan fingerprint density at radius 3 is 2.27 bits per heavy atom. The first-order valence-corrected chi connectivity index (χ1v) is 15.9. The van der Waals surface area contributed by atoms with Gasteiger partial charge in [-0.05, 0) is 74.2 Å². The zero-order chi connectivity index (χ0) is 29.7. The second-order valence-electron chi connectivity index (χ2n) is 10.1. The molecule has 0 unspecified atom stereocenters. The van der Waals surface area contributed by atoms with Gasteiger partial charge in [0, 0.05) is 17.6 Å². The monoisotopic (exact) mass is 635 g/mol. The second kappa shape index (κ2) is 13.5. The molecule has 0 radical (unpaired) electrons. The molecule has 1 atom stereocenters. The van der Waals surface area contributed by atoms with Crippen LogP contribution in [0.25, 0.3) is 0 Å². The Morgan fingerprint density at radius 2 is 1.61 bits per heavy atom. The van der Waals surface area contributed by atoms with E-state index in [1.807, 2.05) is 0 Å². The standard InChI is InChI=1S/C30H32Cl3N3O4S/c1-20-25(31)13-8-14-28(20)36(41(39,40)24-11-4-3-5-12-24)19-29(37)35(18-22-15-16-26(32)27(33)17-22)21(2)30(38)34-23-9-6-7-10-23/h3-5,8,11-17,21,23H,6-7,9-10,18-19H2,1-2H3,(H,34,38)/t21-/m0/s1. The van der Waals surface area contributed by atoms with Crippen LogP contribution >= 0.6 is 34.8 Å².